The summed E-state index contributed by atoms with van der Waals surface area (Å²) in [5, 5.41) is 1.08. The Balaban J connectivity index is 1.45. The Labute approximate surface area is 130 Å². The van der Waals surface area contributed by atoms with Gasteiger partial charge in [0.15, 0.2) is 0 Å². The zero-order valence-electron chi connectivity index (χ0n) is 12.9. The molecule has 1 aliphatic carbocycles. The maximum Gasteiger partial charge on any atom is 0.225 e. The summed E-state index contributed by atoms with van der Waals surface area (Å²) in [5.74, 6) is 1.73. The summed E-state index contributed by atoms with van der Waals surface area (Å²) >= 11 is 0. The van der Waals surface area contributed by atoms with Crippen LogP contribution >= 0.6 is 0 Å². The Bertz CT molecular complexity index is 706. The summed E-state index contributed by atoms with van der Waals surface area (Å²) in [7, 11) is 0. The molecule has 0 unspecified atom stereocenters. The van der Waals surface area contributed by atoms with Gasteiger partial charge in [-0.1, -0.05) is 6.92 Å². The van der Waals surface area contributed by atoms with Crippen LogP contribution in [-0.4, -0.2) is 33.9 Å². The number of amides is 1. The van der Waals surface area contributed by atoms with E-state index in [-0.39, 0.29) is 0 Å². The van der Waals surface area contributed by atoms with E-state index in [4.69, 9.17) is 0 Å². The van der Waals surface area contributed by atoms with Crippen molar-refractivity contribution in [2.45, 2.75) is 32.1 Å². The van der Waals surface area contributed by atoms with Gasteiger partial charge in [-0.05, 0) is 43.4 Å². The molecule has 2 atom stereocenters. The third-order valence-electron chi connectivity index (χ3n) is 5.16. The Morgan fingerprint density at radius 2 is 2.05 bits per heavy atom. The topological polar surface area (TPSA) is 46.1 Å². The van der Waals surface area contributed by atoms with Gasteiger partial charge in [-0.2, -0.15) is 0 Å². The van der Waals surface area contributed by atoms with Crippen LogP contribution < -0.4 is 0 Å². The molecule has 2 aliphatic rings. The first-order valence-corrected chi connectivity index (χ1v) is 8.22. The second-order valence-electron chi connectivity index (χ2n) is 6.72. The molecule has 0 spiro atoms. The van der Waals surface area contributed by atoms with Gasteiger partial charge in [-0.15, -0.1) is 0 Å². The van der Waals surface area contributed by atoms with Crippen LogP contribution in [0, 0.1) is 11.8 Å². The molecular formula is C18H21N3O. The van der Waals surface area contributed by atoms with E-state index >= 15 is 0 Å². The van der Waals surface area contributed by atoms with Gasteiger partial charge >= 0.3 is 0 Å². The lowest BCUT2D eigenvalue weighted by molar-refractivity contribution is -0.133. The molecule has 4 heteroatoms. The smallest absolute Gasteiger partial charge is 0.225 e. The van der Waals surface area contributed by atoms with E-state index in [0.29, 0.717) is 23.7 Å². The number of carbonyl (C=O) groups is 1. The van der Waals surface area contributed by atoms with E-state index in [2.05, 4.69) is 27.9 Å². The van der Waals surface area contributed by atoms with Crippen LogP contribution in [0.1, 0.15) is 37.8 Å². The van der Waals surface area contributed by atoms with Crippen molar-refractivity contribution in [1.82, 2.24) is 14.9 Å². The van der Waals surface area contributed by atoms with Crippen LogP contribution in [-0.2, 0) is 4.79 Å². The van der Waals surface area contributed by atoms with E-state index in [1.165, 1.54) is 0 Å². The molecule has 0 bridgehead atoms. The molecule has 1 saturated heterocycles. The third kappa shape index (κ3) is 2.47. The lowest BCUT2D eigenvalue weighted by atomic mass is 9.92. The number of fused-ring (bicyclic) bond motifs is 1. The summed E-state index contributed by atoms with van der Waals surface area (Å²) < 4.78 is 0. The van der Waals surface area contributed by atoms with Crippen molar-refractivity contribution in [1.29, 1.82) is 0 Å². The molecule has 4 nitrogen and oxygen atoms in total. The average Bonchev–Trinajstić information content (AvgIpc) is 3.31. The fourth-order valence-electron chi connectivity index (χ4n) is 3.50. The molecule has 0 N–H and O–H groups in total. The van der Waals surface area contributed by atoms with Gasteiger partial charge in [0.2, 0.25) is 5.91 Å². The fourth-order valence-corrected chi connectivity index (χ4v) is 3.50. The quantitative estimate of drug-likeness (QED) is 0.855. The molecule has 0 aromatic carbocycles. The van der Waals surface area contributed by atoms with Gasteiger partial charge in [-0.25, -0.2) is 0 Å². The highest BCUT2D eigenvalue weighted by Crippen LogP contribution is 2.40. The summed E-state index contributed by atoms with van der Waals surface area (Å²) in [6, 6.07) is 6.09. The molecule has 1 aliphatic heterocycles. The van der Waals surface area contributed by atoms with Crippen molar-refractivity contribution in [3.05, 3.63) is 36.3 Å². The number of carbonyl (C=O) groups excluding carboxylic acids is 1. The molecule has 1 saturated carbocycles. The molecule has 2 aromatic heterocycles. The van der Waals surface area contributed by atoms with Crippen LogP contribution in [0.25, 0.3) is 10.9 Å². The van der Waals surface area contributed by atoms with Crippen molar-refractivity contribution >= 4 is 16.8 Å². The largest absolute Gasteiger partial charge is 0.342 e. The van der Waals surface area contributed by atoms with Gasteiger partial charge in [0.05, 0.1) is 5.52 Å². The van der Waals surface area contributed by atoms with Crippen molar-refractivity contribution in [3.63, 3.8) is 0 Å². The average molecular weight is 295 g/mol. The molecule has 22 heavy (non-hydrogen) atoms. The first kappa shape index (κ1) is 13.7. The normalized spacial score (nSPS) is 25.4. The van der Waals surface area contributed by atoms with E-state index in [0.717, 1.165) is 48.9 Å². The van der Waals surface area contributed by atoms with Crippen molar-refractivity contribution < 1.29 is 4.79 Å². The van der Waals surface area contributed by atoms with E-state index in [1.54, 1.807) is 0 Å². The van der Waals surface area contributed by atoms with Crippen LogP contribution in [0.3, 0.4) is 0 Å². The highest BCUT2D eigenvalue weighted by molar-refractivity contribution is 5.81. The van der Waals surface area contributed by atoms with Gasteiger partial charge < -0.3 is 4.90 Å². The van der Waals surface area contributed by atoms with Crippen LogP contribution in [0.5, 0.6) is 0 Å². The van der Waals surface area contributed by atoms with Crippen molar-refractivity contribution in [2.75, 3.05) is 13.1 Å². The van der Waals surface area contributed by atoms with Crippen LogP contribution in [0.4, 0.5) is 0 Å². The molecule has 114 valence electrons. The standard InChI is InChI=1S/C18H21N3O/c1-12-9-15(12)18(22)21-7-4-13(5-8-21)16-10-17-14(11-20-16)3-2-6-19-17/h2-3,6,10-13,15H,4-5,7-9H2,1H3/t12-,15+/m0/s1. The van der Waals surface area contributed by atoms with Gasteiger partial charge in [0.1, 0.15) is 0 Å². The minimum absolute atomic E-state index is 0.305. The summed E-state index contributed by atoms with van der Waals surface area (Å²) in [6.07, 6.45) is 6.85. The number of aromatic nitrogens is 2. The zero-order chi connectivity index (χ0) is 15.1. The molecule has 3 heterocycles. The minimum Gasteiger partial charge on any atom is -0.342 e. The monoisotopic (exact) mass is 295 g/mol. The number of rotatable bonds is 2. The molecule has 2 aromatic rings. The van der Waals surface area contributed by atoms with E-state index in [9.17, 15) is 4.79 Å². The summed E-state index contributed by atoms with van der Waals surface area (Å²) in [4.78, 5) is 23.4. The SMILES string of the molecule is C[C@H]1C[C@H]1C(=O)N1CCC(c2cc3ncccc3cn2)CC1. The minimum atomic E-state index is 0.305. The Hall–Kier alpha value is -1.97. The van der Waals surface area contributed by atoms with Crippen molar-refractivity contribution in [2.24, 2.45) is 11.8 Å². The maximum absolute atomic E-state index is 12.3. The van der Waals surface area contributed by atoms with Gasteiger partial charge in [0.25, 0.3) is 0 Å². The Morgan fingerprint density at radius 1 is 1.27 bits per heavy atom. The van der Waals surface area contributed by atoms with Gasteiger partial charge in [0, 0.05) is 48.4 Å². The molecule has 0 radical (unpaired) electrons. The predicted molar refractivity (Wildman–Crippen MR) is 85.4 cm³/mol. The lowest BCUT2D eigenvalue weighted by Crippen LogP contribution is -2.39. The maximum atomic E-state index is 12.3. The fraction of sp³-hybridized carbons (Fsp3) is 0.500. The number of pyridine rings is 2. The number of hydrogen-bond donors (Lipinski definition) is 0. The van der Waals surface area contributed by atoms with E-state index in [1.807, 2.05) is 24.5 Å². The van der Waals surface area contributed by atoms with Gasteiger partial charge in [-0.3, -0.25) is 14.8 Å². The third-order valence-corrected chi connectivity index (χ3v) is 5.16. The second-order valence-corrected chi connectivity index (χ2v) is 6.72. The summed E-state index contributed by atoms with van der Waals surface area (Å²) in [6.45, 7) is 3.91. The first-order valence-electron chi connectivity index (χ1n) is 8.22. The van der Waals surface area contributed by atoms with E-state index < -0.39 is 0 Å². The summed E-state index contributed by atoms with van der Waals surface area (Å²) in [5.41, 5.74) is 2.14. The number of hydrogen-bond acceptors (Lipinski definition) is 3. The predicted octanol–water partition coefficient (Wildman–Crippen LogP) is 2.99. The molecule has 2 fully saturated rings. The van der Waals surface area contributed by atoms with Crippen molar-refractivity contribution in [3.8, 4) is 0 Å². The Morgan fingerprint density at radius 3 is 2.77 bits per heavy atom. The second kappa shape index (κ2) is 5.34. The first-order chi connectivity index (χ1) is 10.7. The molecule has 4 rings (SSSR count). The van der Waals surface area contributed by atoms with Crippen LogP contribution in [0.2, 0.25) is 0 Å². The number of likely N-dealkylation sites (tertiary alicyclic amines) is 1. The highest BCUT2D eigenvalue weighted by Gasteiger charge is 2.42. The molecular weight excluding hydrogens is 274 g/mol. The lowest BCUT2D eigenvalue weighted by Gasteiger charge is -2.32. The number of piperidine rings is 1. The van der Waals surface area contributed by atoms with Crippen LogP contribution in [0.15, 0.2) is 30.6 Å². The molecule has 1 amide bonds. The Kier molecular flexibility index (Phi) is 3.32. The zero-order valence-corrected chi connectivity index (χ0v) is 12.9. The number of nitrogens with zero attached hydrogens (tertiary/aromatic N) is 3. The highest BCUT2D eigenvalue weighted by atomic mass is 16.2.